The van der Waals surface area contributed by atoms with Gasteiger partial charge < -0.3 is 5.21 Å². The van der Waals surface area contributed by atoms with Gasteiger partial charge in [0, 0.05) is 5.92 Å². The average molecular weight is 139 g/mol. The van der Waals surface area contributed by atoms with Crippen LogP contribution in [-0.2, 0) is 0 Å². The Hall–Kier alpha value is -0.530. The lowest BCUT2D eigenvalue weighted by Gasteiger charge is -2.05. The third-order valence-corrected chi connectivity index (χ3v) is 2.99. The zero-order valence-corrected chi connectivity index (χ0v) is 6.08. The summed E-state index contributed by atoms with van der Waals surface area (Å²) in [5, 5.41) is 11.9. The molecule has 2 nitrogen and oxygen atoms in total. The van der Waals surface area contributed by atoms with E-state index in [1.54, 1.807) is 0 Å². The quantitative estimate of drug-likeness (QED) is 0.404. The number of fused-ring (bicyclic) bond motifs is 1. The van der Waals surface area contributed by atoms with Gasteiger partial charge in [-0.05, 0) is 31.6 Å². The van der Waals surface area contributed by atoms with E-state index in [1.165, 1.54) is 25.7 Å². The van der Waals surface area contributed by atoms with Crippen molar-refractivity contribution in [1.82, 2.24) is 0 Å². The van der Waals surface area contributed by atoms with Gasteiger partial charge in [-0.15, -0.1) is 0 Å². The molecular weight excluding hydrogens is 126 g/mol. The highest BCUT2D eigenvalue weighted by molar-refractivity contribution is 5.88. The molecule has 0 radical (unpaired) electrons. The summed E-state index contributed by atoms with van der Waals surface area (Å²) in [6.07, 6.45) is 6.29. The summed E-state index contributed by atoms with van der Waals surface area (Å²) in [5.41, 5.74) is 1.07. The second-order valence-corrected chi connectivity index (χ2v) is 3.43. The van der Waals surface area contributed by atoms with Crippen molar-refractivity contribution in [3.05, 3.63) is 0 Å². The fourth-order valence-corrected chi connectivity index (χ4v) is 2.46. The molecule has 0 heterocycles. The van der Waals surface area contributed by atoms with Crippen LogP contribution in [0.4, 0.5) is 0 Å². The monoisotopic (exact) mass is 139 g/mol. The van der Waals surface area contributed by atoms with Gasteiger partial charge >= 0.3 is 0 Å². The van der Waals surface area contributed by atoms with Gasteiger partial charge in [0.25, 0.3) is 0 Å². The molecule has 10 heavy (non-hydrogen) atoms. The summed E-state index contributed by atoms with van der Waals surface area (Å²) >= 11 is 0. The van der Waals surface area contributed by atoms with Gasteiger partial charge in [-0.1, -0.05) is 11.6 Å². The molecule has 0 aromatic rings. The molecule has 2 saturated carbocycles. The second-order valence-electron chi connectivity index (χ2n) is 3.43. The third kappa shape index (κ3) is 0.746. The van der Waals surface area contributed by atoms with Crippen LogP contribution in [0.2, 0.25) is 0 Å². The Morgan fingerprint density at radius 1 is 1.30 bits per heavy atom. The largest absolute Gasteiger partial charge is 0.411 e. The fourth-order valence-electron chi connectivity index (χ4n) is 2.46. The predicted octanol–water partition coefficient (Wildman–Crippen LogP) is 2.03. The molecule has 2 unspecified atom stereocenters. The van der Waals surface area contributed by atoms with Crippen molar-refractivity contribution in [2.24, 2.45) is 17.0 Å². The lowest BCUT2D eigenvalue weighted by molar-refractivity contribution is 0.314. The molecule has 2 aliphatic rings. The van der Waals surface area contributed by atoms with E-state index in [1.807, 2.05) is 0 Å². The van der Waals surface area contributed by atoms with Gasteiger partial charge in [-0.25, -0.2) is 0 Å². The van der Waals surface area contributed by atoms with E-state index in [0.29, 0.717) is 5.92 Å². The maximum Gasteiger partial charge on any atom is 0.0604 e. The SMILES string of the molecule is ON=C1CCC2CCCC12. The zero-order valence-electron chi connectivity index (χ0n) is 6.08. The highest BCUT2D eigenvalue weighted by Crippen LogP contribution is 2.41. The maximum atomic E-state index is 8.60. The van der Waals surface area contributed by atoms with Crippen LogP contribution >= 0.6 is 0 Å². The Kier molecular flexibility index (Phi) is 1.40. The lowest BCUT2D eigenvalue weighted by Crippen LogP contribution is -2.07. The van der Waals surface area contributed by atoms with E-state index in [0.717, 1.165) is 18.1 Å². The number of rotatable bonds is 0. The molecule has 2 heteroatoms. The molecule has 0 saturated heterocycles. The van der Waals surface area contributed by atoms with E-state index >= 15 is 0 Å². The zero-order chi connectivity index (χ0) is 6.97. The predicted molar refractivity (Wildman–Crippen MR) is 39.3 cm³/mol. The minimum absolute atomic E-state index is 0.657. The van der Waals surface area contributed by atoms with Crippen LogP contribution < -0.4 is 0 Å². The normalized spacial score (nSPS) is 42.6. The first-order valence-corrected chi connectivity index (χ1v) is 4.12. The first-order chi connectivity index (χ1) is 4.92. The number of hydrogen-bond donors (Lipinski definition) is 1. The van der Waals surface area contributed by atoms with E-state index < -0.39 is 0 Å². The van der Waals surface area contributed by atoms with Crippen molar-refractivity contribution in [3.8, 4) is 0 Å². The topological polar surface area (TPSA) is 32.6 Å². The molecule has 0 spiro atoms. The van der Waals surface area contributed by atoms with Crippen molar-refractivity contribution in [2.75, 3.05) is 0 Å². The van der Waals surface area contributed by atoms with E-state index in [-0.39, 0.29) is 0 Å². The highest BCUT2D eigenvalue weighted by atomic mass is 16.4. The lowest BCUT2D eigenvalue weighted by atomic mass is 10.00. The van der Waals surface area contributed by atoms with Gasteiger partial charge in [-0.2, -0.15) is 0 Å². The molecule has 2 aliphatic carbocycles. The number of oxime groups is 1. The van der Waals surface area contributed by atoms with Crippen LogP contribution in [0.5, 0.6) is 0 Å². The minimum Gasteiger partial charge on any atom is -0.411 e. The number of hydrogen-bond acceptors (Lipinski definition) is 2. The van der Waals surface area contributed by atoms with Gasteiger partial charge in [0.1, 0.15) is 0 Å². The van der Waals surface area contributed by atoms with Crippen LogP contribution in [0.25, 0.3) is 0 Å². The van der Waals surface area contributed by atoms with E-state index in [4.69, 9.17) is 5.21 Å². The van der Waals surface area contributed by atoms with E-state index in [2.05, 4.69) is 5.16 Å². The molecule has 2 fully saturated rings. The second kappa shape index (κ2) is 2.26. The van der Waals surface area contributed by atoms with Crippen LogP contribution in [0.15, 0.2) is 5.16 Å². The molecule has 0 aliphatic heterocycles. The Bertz CT molecular complexity index is 165. The molecular formula is C8H13NO. The average Bonchev–Trinajstić information content (AvgIpc) is 2.44. The van der Waals surface area contributed by atoms with Crippen LogP contribution in [0.1, 0.15) is 32.1 Å². The van der Waals surface area contributed by atoms with E-state index in [9.17, 15) is 0 Å². The summed E-state index contributed by atoms with van der Waals surface area (Å²) in [7, 11) is 0. The van der Waals surface area contributed by atoms with Crippen molar-refractivity contribution in [1.29, 1.82) is 0 Å². The molecule has 0 amide bonds. The van der Waals surface area contributed by atoms with Gasteiger partial charge in [0.2, 0.25) is 0 Å². The Morgan fingerprint density at radius 3 is 3.00 bits per heavy atom. The molecule has 0 aromatic carbocycles. The summed E-state index contributed by atoms with van der Waals surface area (Å²) in [4.78, 5) is 0. The smallest absolute Gasteiger partial charge is 0.0604 e. The summed E-state index contributed by atoms with van der Waals surface area (Å²) < 4.78 is 0. The molecule has 2 atom stereocenters. The van der Waals surface area contributed by atoms with Gasteiger partial charge in [0.15, 0.2) is 0 Å². The Balaban J connectivity index is 2.15. The maximum absolute atomic E-state index is 8.60. The first-order valence-electron chi connectivity index (χ1n) is 4.12. The third-order valence-electron chi connectivity index (χ3n) is 2.99. The summed E-state index contributed by atoms with van der Waals surface area (Å²) in [6, 6.07) is 0. The van der Waals surface area contributed by atoms with Gasteiger partial charge in [0.05, 0.1) is 5.71 Å². The van der Waals surface area contributed by atoms with Crippen molar-refractivity contribution >= 4 is 5.71 Å². The molecule has 0 bridgehead atoms. The highest BCUT2D eigenvalue weighted by Gasteiger charge is 2.36. The van der Waals surface area contributed by atoms with Crippen LogP contribution in [-0.4, -0.2) is 10.9 Å². The van der Waals surface area contributed by atoms with Gasteiger partial charge in [-0.3, -0.25) is 0 Å². The number of nitrogens with zero attached hydrogens (tertiary/aromatic N) is 1. The summed E-state index contributed by atoms with van der Waals surface area (Å²) in [5.74, 6) is 1.52. The van der Waals surface area contributed by atoms with Crippen molar-refractivity contribution in [3.63, 3.8) is 0 Å². The van der Waals surface area contributed by atoms with Crippen molar-refractivity contribution in [2.45, 2.75) is 32.1 Å². The molecule has 1 N–H and O–H groups in total. The van der Waals surface area contributed by atoms with Crippen LogP contribution in [0, 0.1) is 11.8 Å². The Labute approximate surface area is 60.9 Å². The standard InChI is InChI=1S/C8H13NO/c10-9-8-5-4-6-2-1-3-7(6)8/h6-7,10H,1-5H2. The Morgan fingerprint density at radius 2 is 2.20 bits per heavy atom. The summed E-state index contributed by atoms with van der Waals surface area (Å²) in [6.45, 7) is 0. The molecule has 56 valence electrons. The van der Waals surface area contributed by atoms with Crippen molar-refractivity contribution < 1.29 is 5.21 Å². The van der Waals surface area contributed by atoms with Crippen LogP contribution in [0.3, 0.4) is 0 Å². The first kappa shape index (κ1) is 6.20. The fraction of sp³-hybridized carbons (Fsp3) is 0.875. The molecule has 0 aromatic heterocycles. The minimum atomic E-state index is 0.657. The molecule has 2 rings (SSSR count).